The summed E-state index contributed by atoms with van der Waals surface area (Å²) in [5.74, 6) is -0.454. The summed E-state index contributed by atoms with van der Waals surface area (Å²) in [4.78, 5) is 43.3. The minimum absolute atomic E-state index is 0.193. The third kappa shape index (κ3) is 2.95. The normalized spacial score (nSPS) is 28.8. The molecule has 4 atom stereocenters. The van der Waals surface area contributed by atoms with Crippen LogP contribution in [0.15, 0.2) is 36.4 Å². The lowest BCUT2D eigenvalue weighted by atomic mass is 9.75. The fraction of sp³-hybridized carbons (Fsp3) is 0.444. The number of imide groups is 1. The van der Waals surface area contributed by atoms with E-state index in [4.69, 9.17) is 18.9 Å². The molecule has 9 heteroatoms. The first-order chi connectivity index (χ1) is 17.4. The van der Waals surface area contributed by atoms with Crippen molar-refractivity contribution in [1.82, 2.24) is 9.80 Å². The molecule has 0 aliphatic carbocycles. The van der Waals surface area contributed by atoms with Gasteiger partial charge in [0.25, 0.3) is 0 Å². The van der Waals surface area contributed by atoms with Crippen LogP contribution in [0.4, 0.5) is 0 Å². The SMILES string of the molecule is COC(=O)[C@@]12CCCCN1[C@H](c1ccc(-c3ccc4c(c3)OCO4)c(OC)c1)[C@@H]1C(=O)N(C)C(=O)[C@@H]12. The lowest BCUT2D eigenvalue weighted by Gasteiger charge is -2.44. The average molecular weight is 493 g/mol. The molecule has 4 aliphatic heterocycles. The number of likely N-dealkylation sites (tertiary alicyclic amines) is 1. The summed E-state index contributed by atoms with van der Waals surface area (Å²) in [6.07, 6.45) is 2.15. The van der Waals surface area contributed by atoms with Crippen molar-refractivity contribution < 1.29 is 33.3 Å². The van der Waals surface area contributed by atoms with Crippen LogP contribution in [0.3, 0.4) is 0 Å². The molecule has 3 fully saturated rings. The molecule has 0 saturated carbocycles. The summed E-state index contributed by atoms with van der Waals surface area (Å²) in [5, 5.41) is 0. The lowest BCUT2D eigenvalue weighted by molar-refractivity contribution is -0.163. The van der Waals surface area contributed by atoms with Gasteiger partial charge in [0, 0.05) is 18.7 Å². The molecule has 6 rings (SSSR count). The molecule has 0 aromatic heterocycles. The maximum atomic E-state index is 13.4. The van der Waals surface area contributed by atoms with Crippen molar-refractivity contribution >= 4 is 17.8 Å². The van der Waals surface area contributed by atoms with Crippen LogP contribution in [0.5, 0.6) is 17.2 Å². The van der Waals surface area contributed by atoms with Gasteiger partial charge < -0.3 is 18.9 Å². The molecule has 9 nitrogen and oxygen atoms in total. The number of esters is 1. The Bertz CT molecular complexity index is 1280. The van der Waals surface area contributed by atoms with Gasteiger partial charge in [0.1, 0.15) is 11.3 Å². The van der Waals surface area contributed by atoms with Crippen LogP contribution >= 0.6 is 0 Å². The first kappa shape index (κ1) is 22.8. The van der Waals surface area contributed by atoms with E-state index in [1.165, 1.54) is 19.1 Å². The number of fused-ring (bicyclic) bond motifs is 4. The van der Waals surface area contributed by atoms with Crippen molar-refractivity contribution in [3.05, 3.63) is 42.0 Å². The molecule has 0 N–H and O–H groups in total. The van der Waals surface area contributed by atoms with Gasteiger partial charge in [-0.3, -0.25) is 24.2 Å². The third-order valence-electron chi connectivity index (χ3n) is 8.27. The van der Waals surface area contributed by atoms with Crippen molar-refractivity contribution in [2.45, 2.75) is 30.8 Å². The van der Waals surface area contributed by atoms with Gasteiger partial charge >= 0.3 is 5.97 Å². The van der Waals surface area contributed by atoms with Crippen LogP contribution in [0.2, 0.25) is 0 Å². The number of nitrogens with zero attached hydrogens (tertiary/aromatic N) is 2. The van der Waals surface area contributed by atoms with E-state index in [2.05, 4.69) is 4.90 Å². The fourth-order valence-electron chi connectivity index (χ4n) is 6.70. The molecule has 0 radical (unpaired) electrons. The summed E-state index contributed by atoms with van der Waals surface area (Å²) in [7, 11) is 4.45. The topological polar surface area (TPSA) is 94.6 Å². The minimum Gasteiger partial charge on any atom is -0.496 e. The molecule has 4 heterocycles. The molecule has 4 aliphatic rings. The highest BCUT2D eigenvalue weighted by Crippen LogP contribution is 2.58. The van der Waals surface area contributed by atoms with Crippen LogP contribution < -0.4 is 14.2 Å². The van der Waals surface area contributed by atoms with Gasteiger partial charge in [-0.25, -0.2) is 0 Å². The number of methoxy groups -OCH3 is 2. The van der Waals surface area contributed by atoms with Gasteiger partial charge in [-0.15, -0.1) is 0 Å². The summed E-state index contributed by atoms with van der Waals surface area (Å²) in [5.41, 5.74) is 1.44. The summed E-state index contributed by atoms with van der Waals surface area (Å²) in [6, 6.07) is 11.1. The van der Waals surface area contributed by atoms with E-state index in [0.717, 1.165) is 29.5 Å². The largest absolute Gasteiger partial charge is 0.496 e. The van der Waals surface area contributed by atoms with Gasteiger partial charge in [0.2, 0.25) is 18.6 Å². The molecule has 0 spiro atoms. The second-order valence-corrected chi connectivity index (χ2v) is 9.78. The maximum Gasteiger partial charge on any atom is 0.327 e. The third-order valence-corrected chi connectivity index (χ3v) is 8.27. The zero-order chi connectivity index (χ0) is 25.2. The van der Waals surface area contributed by atoms with Crippen molar-refractivity contribution in [2.24, 2.45) is 11.8 Å². The number of piperidine rings is 1. The second kappa shape index (κ2) is 8.23. The number of carbonyl (C=O) groups is 3. The Kier molecular flexibility index (Phi) is 5.22. The fourth-order valence-corrected chi connectivity index (χ4v) is 6.70. The van der Waals surface area contributed by atoms with Gasteiger partial charge in [-0.05, 0) is 55.1 Å². The lowest BCUT2D eigenvalue weighted by Crippen LogP contribution is -2.59. The van der Waals surface area contributed by atoms with E-state index in [1.807, 2.05) is 36.4 Å². The molecule has 188 valence electrons. The zero-order valence-corrected chi connectivity index (χ0v) is 20.5. The number of hydrogen-bond acceptors (Lipinski definition) is 8. The predicted molar refractivity (Wildman–Crippen MR) is 127 cm³/mol. The maximum absolute atomic E-state index is 13.4. The number of carbonyl (C=O) groups excluding carboxylic acids is 3. The van der Waals surface area contributed by atoms with E-state index in [-0.39, 0.29) is 18.6 Å². The number of amides is 2. The van der Waals surface area contributed by atoms with Crippen LogP contribution in [0.25, 0.3) is 11.1 Å². The first-order valence-electron chi connectivity index (χ1n) is 12.2. The Hall–Kier alpha value is -3.59. The summed E-state index contributed by atoms with van der Waals surface area (Å²) >= 11 is 0. The molecule has 0 unspecified atom stereocenters. The standard InChI is InChI=1S/C27H28N2O7/c1-28-24(30)21-22(25(28)31)27(26(32)34-3)10-4-5-11-29(27)23(21)16-6-8-17(19(13-16)33-2)15-7-9-18-20(12-15)36-14-35-18/h6-9,12-13,21-23H,4-5,10-11,14H2,1-3H3/t21-,22-,23-,27+/m1/s1. The van der Waals surface area contributed by atoms with Crippen LogP contribution in [-0.2, 0) is 19.1 Å². The minimum atomic E-state index is -1.15. The van der Waals surface area contributed by atoms with Crippen molar-refractivity contribution in [3.63, 3.8) is 0 Å². The van der Waals surface area contributed by atoms with Gasteiger partial charge in [0.15, 0.2) is 11.5 Å². The zero-order valence-electron chi connectivity index (χ0n) is 20.5. The van der Waals surface area contributed by atoms with E-state index >= 15 is 0 Å². The molecule has 2 amide bonds. The second-order valence-electron chi connectivity index (χ2n) is 9.78. The van der Waals surface area contributed by atoms with Gasteiger partial charge in [0.05, 0.1) is 26.1 Å². The van der Waals surface area contributed by atoms with E-state index in [1.54, 1.807) is 7.11 Å². The first-order valence-corrected chi connectivity index (χ1v) is 12.2. The average Bonchev–Trinajstić information content (AvgIpc) is 3.57. The number of ether oxygens (including phenoxy) is 4. The summed E-state index contributed by atoms with van der Waals surface area (Å²) < 4.78 is 22.0. The molecule has 36 heavy (non-hydrogen) atoms. The molecular formula is C27H28N2O7. The highest BCUT2D eigenvalue weighted by Gasteiger charge is 2.72. The smallest absolute Gasteiger partial charge is 0.327 e. The van der Waals surface area contributed by atoms with E-state index < -0.39 is 29.4 Å². The number of hydrogen-bond donors (Lipinski definition) is 0. The van der Waals surface area contributed by atoms with E-state index in [0.29, 0.717) is 30.2 Å². The van der Waals surface area contributed by atoms with Crippen molar-refractivity contribution in [2.75, 3.05) is 34.6 Å². The van der Waals surface area contributed by atoms with Crippen molar-refractivity contribution in [3.8, 4) is 28.4 Å². The quantitative estimate of drug-likeness (QED) is 0.475. The van der Waals surface area contributed by atoms with Crippen LogP contribution in [0, 0.1) is 11.8 Å². The highest BCUT2D eigenvalue weighted by atomic mass is 16.7. The Morgan fingerprint density at radius 1 is 1.03 bits per heavy atom. The van der Waals surface area contributed by atoms with Gasteiger partial charge in [-0.1, -0.05) is 18.2 Å². The molecule has 3 saturated heterocycles. The molecular weight excluding hydrogens is 464 g/mol. The van der Waals surface area contributed by atoms with E-state index in [9.17, 15) is 14.4 Å². The summed E-state index contributed by atoms with van der Waals surface area (Å²) in [6.45, 7) is 0.793. The Labute approximate surface area is 208 Å². The molecule has 2 aromatic rings. The predicted octanol–water partition coefficient (Wildman–Crippen LogP) is 2.77. The highest BCUT2D eigenvalue weighted by molar-refractivity contribution is 6.09. The van der Waals surface area contributed by atoms with Gasteiger partial charge in [-0.2, -0.15) is 0 Å². The monoisotopic (exact) mass is 492 g/mol. The number of rotatable bonds is 4. The van der Waals surface area contributed by atoms with Crippen LogP contribution in [0.1, 0.15) is 30.9 Å². The number of benzene rings is 2. The Morgan fingerprint density at radius 2 is 1.83 bits per heavy atom. The van der Waals surface area contributed by atoms with Crippen LogP contribution in [-0.4, -0.2) is 67.7 Å². The molecule has 2 aromatic carbocycles. The Morgan fingerprint density at radius 3 is 2.61 bits per heavy atom. The Balaban J connectivity index is 1.47. The molecule has 0 bridgehead atoms. The van der Waals surface area contributed by atoms with Crippen molar-refractivity contribution in [1.29, 1.82) is 0 Å².